The highest BCUT2D eigenvalue weighted by Crippen LogP contribution is 2.30. The zero-order chi connectivity index (χ0) is 15.2. The van der Waals surface area contributed by atoms with E-state index in [2.05, 4.69) is 36.6 Å². The molecule has 2 atom stereocenters. The van der Waals surface area contributed by atoms with Crippen LogP contribution in [0.5, 0.6) is 0 Å². The van der Waals surface area contributed by atoms with Gasteiger partial charge in [-0.2, -0.15) is 5.21 Å². The molecular weight excluding hydrogens is 336 g/mol. The maximum atomic E-state index is 11.6. The second-order valence-corrected chi connectivity index (χ2v) is 5.86. The summed E-state index contributed by atoms with van der Waals surface area (Å²) < 4.78 is 0.967. The van der Waals surface area contributed by atoms with E-state index >= 15 is 0 Å². The maximum Gasteiger partial charge on any atom is 0.307 e. The van der Waals surface area contributed by atoms with Crippen molar-refractivity contribution in [2.24, 2.45) is 5.92 Å². The minimum Gasteiger partial charge on any atom is -0.481 e. The molecule has 7 heteroatoms. The second-order valence-electron chi connectivity index (χ2n) is 4.94. The zero-order valence-corrected chi connectivity index (χ0v) is 13.2. The van der Waals surface area contributed by atoms with E-state index in [1.165, 1.54) is 0 Å². The van der Waals surface area contributed by atoms with Crippen molar-refractivity contribution in [2.75, 3.05) is 0 Å². The molecule has 21 heavy (non-hydrogen) atoms. The van der Waals surface area contributed by atoms with E-state index in [0.717, 1.165) is 16.5 Å². The molecule has 0 saturated heterocycles. The van der Waals surface area contributed by atoms with Crippen LogP contribution in [0, 0.1) is 5.92 Å². The van der Waals surface area contributed by atoms with Crippen molar-refractivity contribution in [3.05, 3.63) is 40.1 Å². The van der Waals surface area contributed by atoms with Gasteiger partial charge in [0.05, 0.1) is 5.92 Å². The van der Waals surface area contributed by atoms with Gasteiger partial charge in [-0.15, -0.1) is 10.2 Å². The highest BCUT2D eigenvalue weighted by Gasteiger charge is 2.31. The van der Waals surface area contributed by atoms with Gasteiger partial charge in [-0.3, -0.25) is 4.79 Å². The fraction of sp³-hybridized carbons (Fsp3) is 0.429. The van der Waals surface area contributed by atoms with E-state index in [-0.39, 0.29) is 5.92 Å². The van der Waals surface area contributed by atoms with Crippen molar-refractivity contribution in [1.82, 2.24) is 20.6 Å². The Morgan fingerprint density at radius 1 is 1.48 bits per heavy atom. The molecule has 1 heterocycles. The Hall–Kier alpha value is -1.76. The molecule has 0 fully saturated rings. The average molecular weight is 353 g/mol. The van der Waals surface area contributed by atoms with Crippen LogP contribution in [0.2, 0.25) is 0 Å². The largest absolute Gasteiger partial charge is 0.481 e. The molecule has 2 N–H and O–H groups in total. The number of nitrogens with zero attached hydrogens (tertiary/aromatic N) is 3. The number of halogens is 1. The summed E-state index contributed by atoms with van der Waals surface area (Å²) in [6.45, 7) is 1.97. The van der Waals surface area contributed by atoms with Gasteiger partial charge in [0.1, 0.15) is 0 Å². The normalized spacial score (nSPS) is 13.8. The molecule has 0 spiro atoms. The van der Waals surface area contributed by atoms with Gasteiger partial charge < -0.3 is 5.11 Å². The van der Waals surface area contributed by atoms with Crippen molar-refractivity contribution in [2.45, 2.75) is 32.1 Å². The molecule has 2 aromatic rings. The number of benzene rings is 1. The maximum absolute atomic E-state index is 11.6. The molecule has 2 unspecified atom stereocenters. The number of carboxylic acids is 1. The van der Waals surface area contributed by atoms with Crippen LogP contribution in [-0.4, -0.2) is 31.7 Å². The first-order chi connectivity index (χ1) is 10.1. The van der Waals surface area contributed by atoms with E-state index in [4.69, 9.17) is 0 Å². The van der Waals surface area contributed by atoms with E-state index < -0.39 is 11.9 Å². The fourth-order valence-corrected chi connectivity index (χ4v) is 2.91. The van der Waals surface area contributed by atoms with Crippen molar-refractivity contribution in [3.63, 3.8) is 0 Å². The molecule has 2 rings (SSSR count). The number of aliphatic carboxylic acids is 1. The Morgan fingerprint density at radius 3 is 2.86 bits per heavy atom. The Labute approximate surface area is 131 Å². The lowest BCUT2D eigenvalue weighted by molar-refractivity contribution is -0.142. The lowest BCUT2D eigenvalue weighted by Crippen LogP contribution is -2.25. The minimum atomic E-state index is -0.818. The number of tetrazole rings is 1. The van der Waals surface area contributed by atoms with Gasteiger partial charge in [-0.25, -0.2) is 0 Å². The van der Waals surface area contributed by atoms with E-state index in [9.17, 15) is 9.90 Å². The number of hydrogen-bond donors (Lipinski definition) is 2. The van der Waals surface area contributed by atoms with Crippen molar-refractivity contribution >= 4 is 21.9 Å². The standard InChI is InChI=1S/C14H17BrN4O2/c1-2-4-11(14(20)21)12(13-16-18-19-17-13)8-9-5-3-6-10(15)7-9/h3,5-7,11-12H,2,4,8H2,1H3,(H,20,21)(H,16,17,18,19). The number of nitrogens with one attached hydrogen (secondary N) is 1. The van der Waals surface area contributed by atoms with Crippen LogP contribution in [0.3, 0.4) is 0 Å². The monoisotopic (exact) mass is 352 g/mol. The molecule has 1 aromatic heterocycles. The van der Waals surface area contributed by atoms with E-state index in [1.54, 1.807) is 0 Å². The van der Waals surface area contributed by atoms with Crippen LogP contribution in [0.1, 0.15) is 37.1 Å². The van der Waals surface area contributed by atoms with Gasteiger partial charge in [-0.05, 0) is 30.5 Å². The summed E-state index contributed by atoms with van der Waals surface area (Å²) in [5.74, 6) is -1.18. The summed E-state index contributed by atoms with van der Waals surface area (Å²) in [6, 6.07) is 7.83. The van der Waals surface area contributed by atoms with Crippen molar-refractivity contribution in [1.29, 1.82) is 0 Å². The lowest BCUT2D eigenvalue weighted by Gasteiger charge is -2.21. The summed E-state index contributed by atoms with van der Waals surface area (Å²) in [4.78, 5) is 11.6. The zero-order valence-electron chi connectivity index (χ0n) is 11.7. The van der Waals surface area contributed by atoms with E-state index in [0.29, 0.717) is 18.7 Å². The average Bonchev–Trinajstić information content (AvgIpc) is 2.96. The summed E-state index contributed by atoms with van der Waals surface area (Å²) in [7, 11) is 0. The summed E-state index contributed by atoms with van der Waals surface area (Å²) in [6.07, 6.45) is 1.95. The van der Waals surface area contributed by atoms with Crippen LogP contribution in [0.15, 0.2) is 28.7 Å². The molecule has 6 nitrogen and oxygen atoms in total. The molecule has 0 aliphatic heterocycles. The lowest BCUT2D eigenvalue weighted by atomic mass is 9.83. The molecule has 0 saturated carbocycles. The summed E-state index contributed by atoms with van der Waals surface area (Å²) in [5.41, 5.74) is 1.04. The number of H-pyrrole nitrogens is 1. The Balaban J connectivity index is 2.30. The third-order valence-electron chi connectivity index (χ3n) is 3.44. The van der Waals surface area contributed by atoms with Crippen LogP contribution in [-0.2, 0) is 11.2 Å². The first-order valence-corrected chi connectivity index (χ1v) is 7.61. The predicted octanol–water partition coefficient (Wildman–Crippen LogP) is 2.79. The Morgan fingerprint density at radius 2 is 2.29 bits per heavy atom. The Kier molecular flexibility index (Phi) is 5.44. The smallest absolute Gasteiger partial charge is 0.307 e. The molecule has 0 amide bonds. The van der Waals surface area contributed by atoms with Gasteiger partial charge in [0.25, 0.3) is 0 Å². The molecule has 0 radical (unpaired) electrons. The highest BCUT2D eigenvalue weighted by atomic mass is 79.9. The number of rotatable bonds is 7. The topological polar surface area (TPSA) is 91.8 Å². The molecule has 0 bridgehead atoms. The van der Waals surface area contributed by atoms with Crippen LogP contribution in [0.4, 0.5) is 0 Å². The quantitative estimate of drug-likeness (QED) is 0.799. The number of hydrogen-bond acceptors (Lipinski definition) is 4. The van der Waals surface area contributed by atoms with Gasteiger partial charge >= 0.3 is 5.97 Å². The Bertz CT molecular complexity index is 588. The molecular formula is C14H17BrN4O2. The third-order valence-corrected chi connectivity index (χ3v) is 3.93. The fourth-order valence-electron chi connectivity index (χ4n) is 2.47. The number of aromatic amines is 1. The van der Waals surface area contributed by atoms with E-state index in [1.807, 2.05) is 31.2 Å². The summed E-state index contributed by atoms with van der Waals surface area (Å²) >= 11 is 3.43. The molecule has 0 aliphatic rings. The third kappa shape index (κ3) is 4.10. The number of aromatic nitrogens is 4. The van der Waals surface area contributed by atoms with Crippen LogP contribution < -0.4 is 0 Å². The number of carboxylic acid groups (broad SMARTS) is 1. The molecule has 0 aliphatic carbocycles. The minimum absolute atomic E-state index is 0.296. The predicted molar refractivity (Wildman–Crippen MR) is 80.8 cm³/mol. The van der Waals surface area contributed by atoms with Crippen LogP contribution >= 0.6 is 15.9 Å². The molecule has 1 aromatic carbocycles. The van der Waals surface area contributed by atoms with Gasteiger partial charge in [-0.1, -0.05) is 46.6 Å². The van der Waals surface area contributed by atoms with Gasteiger partial charge in [0.2, 0.25) is 0 Å². The number of carbonyl (C=O) groups is 1. The second kappa shape index (κ2) is 7.31. The van der Waals surface area contributed by atoms with Crippen LogP contribution in [0.25, 0.3) is 0 Å². The first kappa shape index (κ1) is 15.6. The van der Waals surface area contributed by atoms with Gasteiger partial charge in [0.15, 0.2) is 5.82 Å². The highest BCUT2D eigenvalue weighted by molar-refractivity contribution is 9.10. The SMILES string of the molecule is CCCC(C(=O)O)C(Cc1cccc(Br)c1)c1nn[nH]n1. The first-order valence-electron chi connectivity index (χ1n) is 6.82. The van der Waals surface area contributed by atoms with Crippen molar-refractivity contribution < 1.29 is 9.90 Å². The van der Waals surface area contributed by atoms with Crippen molar-refractivity contribution in [3.8, 4) is 0 Å². The molecule has 112 valence electrons. The summed E-state index contributed by atoms with van der Waals surface area (Å²) in [5, 5.41) is 23.5. The van der Waals surface area contributed by atoms with Gasteiger partial charge in [0, 0.05) is 10.4 Å².